The molecule has 0 aliphatic rings. The van der Waals surface area contributed by atoms with Crippen LogP contribution in [0.5, 0.6) is 0 Å². The quantitative estimate of drug-likeness (QED) is 0.867. The van der Waals surface area contributed by atoms with Gasteiger partial charge in [0.05, 0.1) is 24.1 Å². The Morgan fingerprint density at radius 2 is 2.11 bits per heavy atom. The van der Waals surface area contributed by atoms with Crippen molar-refractivity contribution in [1.29, 1.82) is 0 Å². The molecule has 0 aromatic heterocycles. The Morgan fingerprint density at radius 3 is 2.56 bits per heavy atom. The minimum atomic E-state index is -4.51. The number of nitrogens with two attached hydrogens (primary N) is 1. The van der Waals surface area contributed by atoms with Crippen molar-refractivity contribution >= 4 is 17.6 Å². The fourth-order valence-corrected chi connectivity index (χ4v) is 1.67. The van der Waals surface area contributed by atoms with Gasteiger partial charge in [0, 0.05) is 6.04 Å². The summed E-state index contributed by atoms with van der Waals surface area (Å²) in [4.78, 5) is 11.0. The van der Waals surface area contributed by atoms with E-state index in [0.717, 1.165) is 12.1 Å². The van der Waals surface area contributed by atoms with E-state index in [0.29, 0.717) is 5.56 Å². The summed E-state index contributed by atoms with van der Waals surface area (Å²) < 4.78 is 41.8. The summed E-state index contributed by atoms with van der Waals surface area (Å²) >= 11 is 5.54. The van der Waals surface area contributed by atoms with E-state index in [4.69, 9.17) is 17.3 Å². The first kappa shape index (κ1) is 14.8. The molecular formula is C11H11ClF3NO2. The summed E-state index contributed by atoms with van der Waals surface area (Å²) in [5.74, 6) is -0.543. The zero-order valence-corrected chi connectivity index (χ0v) is 10.2. The molecule has 0 bridgehead atoms. The van der Waals surface area contributed by atoms with Crippen LogP contribution in [0.25, 0.3) is 0 Å². The van der Waals surface area contributed by atoms with Crippen molar-refractivity contribution in [3.05, 3.63) is 34.3 Å². The normalized spacial score (nSPS) is 13.2. The van der Waals surface area contributed by atoms with Gasteiger partial charge in [-0.15, -0.1) is 0 Å². The molecule has 0 radical (unpaired) electrons. The fraction of sp³-hybridized carbons (Fsp3) is 0.364. The predicted octanol–water partition coefficient (Wildman–Crippen LogP) is 2.92. The average molecular weight is 282 g/mol. The molecule has 2 N–H and O–H groups in total. The van der Waals surface area contributed by atoms with Gasteiger partial charge in [0.25, 0.3) is 0 Å². The highest BCUT2D eigenvalue weighted by Gasteiger charge is 2.33. The first-order chi connectivity index (χ1) is 8.25. The van der Waals surface area contributed by atoms with Gasteiger partial charge in [-0.05, 0) is 17.7 Å². The van der Waals surface area contributed by atoms with E-state index in [9.17, 15) is 18.0 Å². The van der Waals surface area contributed by atoms with Gasteiger partial charge in [-0.25, -0.2) is 0 Å². The van der Waals surface area contributed by atoms with E-state index < -0.39 is 28.8 Å². The number of rotatable bonds is 3. The Kier molecular flexibility index (Phi) is 4.59. The molecule has 0 saturated heterocycles. The molecule has 1 rings (SSSR count). The monoisotopic (exact) mass is 281 g/mol. The summed E-state index contributed by atoms with van der Waals surface area (Å²) in [5, 5.41) is -0.444. The van der Waals surface area contributed by atoms with Crippen LogP contribution in [0.3, 0.4) is 0 Å². The van der Waals surface area contributed by atoms with Crippen LogP contribution in [-0.4, -0.2) is 13.1 Å². The first-order valence-electron chi connectivity index (χ1n) is 4.94. The SMILES string of the molecule is COC(=O)C[C@H](N)c1ccc(C(F)(F)F)c(Cl)c1. The molecule has 1 atom stereocenters. The van der Waals surface area contributed by atoms with Gasteiger partial charge in [-0.3, -0.25) is 4.79 Å². The highest BCUT2D eigenvalue weighted by molar-refractivity contribution is 6.31. The van der Waals surface area contributed by atoms with Crippen LogP contribution in [0.2, 0.25) is 5.02 Å². The third-order valence-electron chi connectivity index (χ3n) is 2.34. The highest BCUT2D eigenvalue weighted by Crippen LogP contribution is 2.35. The molecule has 1 aromatic carbocycles. The largest absolute Gasteiger partial charge is 0.469 e. The summed E-state index contributed by atoms with van der Waals surface area (Å²) in [6.07, 6.45) is -4.64. The maximum absolute atomic E-state index is 12.5. The molecule has 0 amide bonds. The van der Waals surface area contributed by atoms with E-state index in [1.807, 2.05) is 0 Å². The number of hydrogen-bond donors (Lipinski definition) is 1. The summed E-state index contributed by atoms with van der Waals surface area (Å²) in [5.41, 5.74) is 5.07. The number of alkyl halides is 3. The van der Waals surface area contributed by atoms with Crippen molar-refractivity contribution in [2.45, 2.75) is 18.6 Å². The predicted molar refractivity (Wildman–Crippen MR) is 60.0 cm³/mol. The Morgan fingerprint density at radius 1 is 1.50 bits per heavy atom. The lowest BCUT2D eigenvalue weighted by molar-refractivity contribution is -0.141. The van der Waals surface area contributed by atoms with Crippen LogP contribution in [0.4, 0.5) is 13.2 Å². The first-order valence-corrected chi connectivity index (χ1v) is 5.32. The lowest BCUT2D eigenvalue weighted by Gasteiger charge is -2.14. The van der Waals surface area contributed by atoms with Crippen molar-refractivity contribution in [2.75, 3.05) is 7.11 Å². The number of methoxy groups -OCH3 is 1. The third-order valence-corrected chi connectivity index (χ3v) is 2.65. The maximum atomic E-state index is 12.5. The zero-order valence-electron chi connectivity index (χ0n) is 9.42. The van der Waals surface area contributed by atoms with Crippen molar-refractivity contribution < 1.29 is 22.7 Å². The molecule has 18 heavy (non-hydrogen) atoms. The molecule has 100 valence electrons. The Hall–Kier alpha value is -1.27. The molecular weight excluding hydrogens is 271 g/mol. The third kappa shape index (κ3) is 3.61. The van der Waals surface area contributed by atoms with E-state index in [2.05, 4.69) is 4.74 Å². The second-order valence-corrected chi connectivity index (χ2v) is 4.03. The minimum absolute atomic E-state index is 0.127. The standard InChI is InChI=1S/C11H11ClF3NO2/c1-18-10(17)5-9(16)6-2-3-7(8(12)4-6)11(13,14)15/h2-4,9H,5,16H2,1H3/t9-/m0/s1. The summed E-state index contributed by atoms with van der Waals surface area (Å²) in [6.45, 7) is 0. The van der Waals surface area contributed by atoms with Gasteiger partial charge in [0.1, 0.15) is 0 Å². The van der Waals surface area contributed by atoms with Gasteiger partial charge in [0.15, 0.2) is 0 Å². The smallest absolute Gasteiger partial charge is 0.417 e. The Bertz CT molecular complexity index is 448. The number of hydrogen-bond acceptors (Lipinski definition) is 3. The number of carbonyl (C=O) groups excluding carboxylic acids is 1. The lowest BCUT2D eigenvalue weighted by atomic mass is 10.0. The number of esters is 1. The van der Waals surface area contributed by atoms with Crippen molar-refractivity contribution in [3.63, 3.8) is 0 Å². The number of benzene rings is 1. The van der Waals surface area contributed by atoms with Crippen LogP contribution >= 0.6 is 11.6 Å². The molecule has 0 heterocycles. The van der Waals surface area contributed by atoms with Gasteiger partial charge in [0.2, 0.25) is 0 Å². The Labute approximate surface area is 107 Å². The molecule has 7 heteroatoms. The van der Waals surface area contributed by atoms with Crippen LogP contribution < -0.4 is 5.73 Å². The lowest BCUT2D eigenvalue weighted by Crippen LogP contribution is -2.17. The molecule has 0 aliphatic heterocycles. The molecule has 0 aliphatic carbocycles. The van der Waals surface area contributed by atoms with Gasteiger partial charge in [-0.2, -0.15) is 13.2 Å². The summed E-state index contributed by atoms with van der Waals surface area (Å²) in [7, 11) is 1.20. The van der Waals surface area contributed by atoms with Gasteiger partial charge < -0.3 is 10.5 Å². The Balaban J connectivity index is 2.94. The number of ether oxygens (including phenoxy) is 1. The van der Waals surface area contributed by atoms with E-state index in [-0.39, 0.29) is 6.42 Å². The summed E-state index contributed by atoms with van der Waals surface area (Å²) in [6, 6.07) is 2.40. The van der Waals surface area contributed by atoms with Crippen molar-refractivity contribution in [3.8, 4) is 0 Å². The van der Waals surface area contributed by atoms with Crippen LogP contribution in [0.15, 0.2) is 18.2 Å². The second kappa shape index (κ2) is 5.58. The second-order valence-electron chi connectivity index (χ2n) is 3.62. The maximum Gasteiger partial charge on any atom is 0.417 e. The van der Waals surface area contributed by atoms with Crippen molar-refractivity contribution in [2.24, 2.45) is 5.73 Å². The van der Waals surface area contributed by atoms with Crippen molar-refractivity contribution in [1.82, 2.24) is 0 Å². The molecule has 0 fully saturated rings. The number of halogens is 4. The van der Waals surface area contributed by atoms with Gasteiger partial charge >= 0.3 is 12.1 Å². The molecule has 0 unspecified atom stereocenters. The minimum Gasteiger partial charge on any atom is -0.469 e. The average Bonchev–Trinajstić information content (AvgIpc) is 2.26. The van der Waals surface area contributed by atoms with Crippen LogP contribution in [-0.2, 0) is 15.7 Å². The highest BCUT2D eigenvalue weighted by atomic mass is 35.5. The number of carbonyl (C=O) groups is 1. The topological polar surface area (TPSA) is 52.3 Å². The van der Waals surface area contributed by atoms with Gasteiger partial charge in [-0.1, -0.05) is 17.7 Å². The van der Waals surface area contributed by atoms with E-state index in [1.54, 1.807) is 0 Å². The van der Waals surface area contributed by atoms with Crippen LogP contribution in [0, 0.1) is 0 Å². The molecule has 0 saturated carbocycles. The van der Waals surface area contributed by atoms with E-state index >= 15 is 0 Å². The molecule has 0 spiro atoms. The van der Waals surface area contributed by atoms with Crippen LogP contribution in [0.1, 0.15) is 23.6 Å². The van der Waals surface area contributed by atoms with E-state index in [1.165, 1.54) is 13.2 Å². The molecule has 1 aromatic rings. The molecule has 3 nitrogen and oxygen atoms in total. The zero-order chi connectivity index (χ0) is 13.9. The fourth-order valence-electron chi connectivity index (χ4n) is 1.37.